The molecule has 5 fully saturated rings. The van der Waals surface area contributed by atoms with E-state index < -0.39 is 0 Å². The maximum Gasteiger partial charge on any atom is 3.00 e. The second-order valence-corrected chi connectivity index (χ2v) is 10.6. The van der Waals surface area contributed by atoms with Crippen molar-refractivity contribution in [1.82, 2.24) is 29.7 Å². The summed E-state index contributed by atoms with van der Waals surface area (Å²) in [6.45, 7) is 4.76. The molecular weight excluding hydrogens is 501 g/mol. The fourth-order valence-corrected chi connectivity index (χ4v) is 6.34. The number of hydrogen-bond donors (Lipinski definition) is 0. The molecule has 3 aromatic heterocycles. The number of fused-ring (bicyclic) bond motifs is 1. The number of ether oxygens (including phenoxy) is 1. The fourth-order valence-electron chi connectivity index (χ4n) is 6.34. The Balaban J connectivity index is 0.00000200. The molecule has 0 aromatic carbocycles. The van der Waals surface area contributed by atoms with Crippen LogP contribution in [0.2, 0.25) is 0 Å². The van der Waals surface area contributed by atoms with Gasteiger partial charge in [0.25, 0.3) is 0 Å². The molecule has 8 heteroatoms. The van der Waals surface area contributed by atoms with Gasteiger partial charge in [-0.3, -0.25) is 9.67 Å². The van der Waals surface area contributed by atoms with Crippen LogP contribution in [0.3, 0.4) is 0 Å². The van der Waals surface area contributed by atoms with Gasteiger partial charge in [0.1, 0.15) is 11.5 Å². The fraction of sp³-hybridized carbons (Fsp3) is 0.538. The van der Waals surface area contributed by atoms with E-state index in [2.05, 4.69) is 28.8 Å². The molecule has 4 heterocycles. The summed E-state index contributed by atoms with van der Waals surface area (Å²) in [5, 5.41) is 4.58. The van der Waals surface area contributed by atoms with E-state index in [0.29, 0.717) is 24.5 Å². The van der Waals surface area contributed by atoms with Gasteiger partial charge >= 0.3 is 32.7 Å². The molecule has 0 amide bonds. The van der Waals surface area contributed by atoms with Crippen LogP contribution in [0, 0.1) is 56.3 Å². The summed E-state index contributed by atoms with van der Waals surface area (Å²) < 4.78 is 8.28. The van der Waals surface area contributed by atoms with Crippen molar-refractivity contribution in [2.45, 2.75) is 57.6 Å². The normalized spacial score (nSPS) is 33.4. The summed E-state index contributed by atoms with van der Waals surface area (Å²) in [4.78, 5) is 20.0. The van der Waals surface area contributed by atoms with E-state index in [4.69, 9.17) is 24.7 Å². The number of aromatic nitrogens is 6. The van der Waals surface area contributed by atoms with E-state index in [-0.39, 0.29) is 44.7 Å². The van der Waals surface area contributed by atoms with Crippen LogP contribution in [-0.4, -0.2) is 36.3 Å². The Morgan fingerprint density at radius 1 is 1.03 bits per heavy atom. The smallest absolute Gasteiger partial charge is 0.373 e. The van der Waals surface area contributed by atoms with E-state index in [9.17, 15) is 0 Å². The van der Waals surface area contributed by atoms with Crippen molar-refractivity contribution in [3.63, 3.8) is 0 Å². The summed E-state index contributed by atoms with van der Waals surface area (Å²) in [6.07, 6.45) is 13.4. The van der Waals surface area contributed by atoms with Gasteiger partial charge in [-0.05, 0) is 45.0 Å². The van der Waals surface area contributed by atoms with Gasteiger partial charge in [0.2, 0.25) is 0 Å². The van der Waals surface area contributed by atoms with E-state index in [1.54, 1.807) is 0 Å². The summed E-state index contributed by atoms with van der Waals surface area (Å²) in [7, 11) is 0. The molecular formula is C26H27N6OY. The number of rotatable bonds is 4. The first kappa shape index (κ1) is 21.8. The van der Waals surface area contributed by atoms with Crippen molar-refractivity contribution in [2.75, 3.05) is 6.61 Å². The third-order valence-electron chi connectivity index (χ3n) is 8.65. The predicted molar refractivity (Wildman–Crippen MR) is 121 cm³/mol. The molecule has 4 saturated carbocycles. The molecule has 0 N–H and O–H groups in total. The second-order valence-electron chi connectivity index (χ2n) is 10.6. The minimum absolute atomic E-state index is 0. The van der Waals surface area contributed by atoms with Gasteiger partial charge in [-0.25, -0.2) is 27.7 Å². The Hall–Kier alpha value is -1.44. The van der Waals surface area contributed by atoms with Gasteiger partial charge in [0.15, 0.2) is 0 Å². The monoisotopic (exact) mass is 528 g/mol. The first-order chi connectivity index (χ1) is 16.1. The average molecular weight is 528 g/mol. The van der Waals surface area contributed by atoms with Crippen LogP contribution in [0.5, 0.6) is 0 Å². The topological polar surface area (TPSA) is 78.6 Å². The van der Waals surface area contributed by atoms with Crippen LogP contribution >= 0.6 is 0 Å². The van der Waals surface area contributed by atoms with E-state index >= 15 is 0 Å². The number of hydrogen-bond acceptors (Lipinski definition) is 6. The Labute approximate surface area is 224 Å². The first-order valence-electron chi connectivity index (χ1n) is 12.4. The molecule has 0 radical (unpaired) electrons. The Bertz CT molecular complexity index is 1270. The molecule has 4 atom stereocenters. The van der Waals surface area contributed by atoms with Crippen molar-refractivity contribution in [2.24, 2.45) is 23.7 Å². The molecule has 4 aliphatic carbocycles. The molecule has 1 saturated heterocycles. The zero-order valence-corrected chi connectivity index (χ0v) is 22.4. The predicted octanol–water partition coefficient (Wildman–Crippen LogP) is 4.04. The largest absolute Gasteiger partial charge is 3.00 e. The van der Waals surface area contributed by atoms with Crippen LogP contribution in [0.15, 0.2) is 12.4 Å². The average Bonchev–Trinajstić information content (AvgIpc) is 3.55. The summed E-state index contributed by atoms with van der Waals surface area (Å²) >= 11 is 0. The van der Waals surface area contributed by atoms with Crippen LogP contribution < -0.4 is 0 Å². The van der Waals surface area contributed by atoms with Gasteiger partial charge < -0.3 is 28.5 Å². The standard InChI is InChI=1S/C26H27N6O.Y/c1-12-13(2)29-26-24(28-12)23(22-18-7-15-8-19(22)21(15)18)30-25(31-26)14-5-6-33-20(9-14)16-10-27-32(11-16)17-3-4-17;/h7-8,10-11,14-15,17-21H,3-6,9H2,1-2H3;/q-3;+3. The van der Waals surface area contributed by atoms with Crippen molar-refractivity contribution >= 4 is 11.2 Å². The van der Waals surface area contributed by atoms with Crippen molar-refractivity contribution in [3.8, 4) is 0 Å². The van der Waals surface area contributed by atoms with Gasteiger partial charge in [-0.1, -0.05) is 5.69 Å². The van der Waals surface area contributed by atoms with Gasteiger partial charge in [0.05, 0.1) is 24.0 Å². The molecule has 3 aromatic rings. The second kappa shape index (κ2) is 7.78. The number of aryl methyl sites for hydroxylation is 2. The van der Waals surface area contributed by atoms with Crippen LogP contribution in [-0.2, 0) is 37.4 Å². The molecule has 5 aliphatic rings. The van der Waals surface area contributed by atoms with E-state index in [1.165, 1.54) is 24.3 Å². The zero-order chi connectivity index (χ0) is 21.8. The third kappa shape index (κ3) is 3.12. The first-order valence-corrected chi connectivity index (χ1v) is 12.4. The molecule has 4 unspecified atom stereocenters. The quantitative estimate of drug-likeness (QED) is 0.476. The van der Waals surface area contributed by atoms with Crippen LogP contribution in [0.25, 0.3) is 11.2 Å². The minimum atomic E-state index is 0. The van der Waals surface area contributed by atoms with Gasteiger partial charge in [0, 0.05) is 30.0 Å². The van der Waals surface area contributed by atoms with Gasteiger partial charge in [-0.15, -0.1) is 0 Å². The maximum atomic E-state index is 6.17. The Kier molecular flexibility index (Phi) is 4.99. The Morgan fingerprint density at radius 3 is 2.56 bits per heavy atom. The minimum Gasteiger partial charge on any atom is -0.373 e. The Morgan fingerprint density at radius 2 is 1.82 bits per heavy atom. The molecule has 7 nitrogen and oxygen atoms in total. The zero-order valence-electron chi connectivity index (χ0n) is 19.6. The van der Waals surface area contributed by atoms with Crippen LogP contribution in [0.1, 0.15) is 72.2 Å². The molecule has 34 heavy (non-hydrogen) atoms. The molecule has 8 rings (SSSR count). The van der Waals surface area contributed by atoms with Crippen LogP contribution in [0.4, 0.5) is 0 Å². The SMILES string of the molecule is Cc1nc2nc(C3CCOC(c4cnn(C5CC5)c4)C3)nc([C-]3C4[CH-]C5[CH-]C3C54)c2nc1C.[Y+3]. The van der Waals surface area contributed by atoms with Gasteiger partial charge in [-0.2, -0.15) is 11.0 Å². The third-order valence-corrected chi connectivity index (χ3v) is 8.65. The molecule has 170 valence electrons. The van der Waals surface area contributed by atoms with Crippen molar-refractivity contribution in [3.05, 3.63) is 59.6 Å². The molecule has 1 aliphatic heterocycles. The van der Waals surface area contributed by atoms with Crippen molar-refractivity contribution in [1.29, 1.82) is 0 Å². The molecule has 0 bridgehead atoms. The van der Waals surface area contributed by atoms with E-state index in [0.717, 1.165) is 58.7 Å². The summed E-state index contributed by atoms with van der Waals surface area (Å²) in [5.74, 6) is 5.32. The van der Waals surface area contributed by atoms with Crippen molar-refractivity contribution < 1.29 is 37.4 Å². The number of nitrogens with zero attached hydrogens (tertiary/aromatic N) is 6. The van der Waals surface area contributed by atoms with E-state index in [1.807, 2.05) is 20.0 Å². The summed E-state index contributed by atoms with van der Waals surface area (Å²) in [6, 6.07) is 0.587. The maximum absolute atomic E-state index is 6.17. The summed E-state index contributed by atoms with van der Waals surface area (Å²) in [5.41, 5.74) is 5.75. The molecule has 0 spiro atoms.